The summed E-state index contributed by atoms with van der Waals surface area (Å²) in [5.41, 5.74) is 4.07. The Hall–Kier alpha value is -2.03. The standard InChI is InChI=1S/C9H12N4O2/c1-5(2)13-8(14)7(11)6(4-10)12(3)9(13)15/h5H,11H2,1-3H3. The van der Waals surface area contributed by atoms with Crippen molar-refractivity contribution in [3.63, 3.8) is 0 Å². The van der Waals surface area contributed by atoms with Crippen molar-refractivity contribution in [2.24, 2.45) is 7.05 Å². The van der Waals surface area contributed by atoms with E-state index in [0.29, 0.717) is 0 Å². The lowest BCUT2D eigenvalue weighted by Gasteiger charge is -2.12. The lowest BCUT2D eigenvalue weighted by Crippen LogP contribution is -2.42. The Morgan fingerprint density at radius 3 is 2.33 bits per heavy atom. The van der Waals surface area contributed by atoms with Crippen LogP contribution < -0.4 is 17.0 Å². The first kappa shape index (κ1) is 11.0. The monoisotopic (exact) mass is 208 g/mol. The Balaban J connectivity index is 3.86. The van der Waals surface area contributed by atoms with Crippen LogP contribution in [0.25, 0.3) is 0 Å². The largest absolute Gasteiger partial charge is 0.392 e. The van der Waals surface area contributed by atoms with Crippen LogP contribution in [-0.4, -0.2) is 9.13 Å². The molecule has 0 aromatic carbocycles. The van der Waals surface area contributed by atoms with Gasteiger partial charge in [0.15, 0.2) is 5.69 Å². The van der Waals surface area contributed by atoms with Gasteiger partial charge in [-0.05, 0) is 13.8 Å². The normalized spacial score (nSPS) is 10.3. The van der Waals surface area contributed by atoms with Crippen LogP contribution in [0, 0.1) is 11.3 Å². The minimum Gasteiger partial charge on any atom is -0.392 e. The fourth-order valence-corrected chi connectivity index (χ4v) is 1.35. The van der Waals surface area contributed by atoms with E-state index in [4.69, 9.17) is 11.0 Å². The van der Waals surface area contributed by atoms with Crippen LogP contribution in [0.1, 0.15) is 25.6 Å². The van der Waals surface area contributed by atoms with Crippen LogP contribution in [0.15, 0.2) is 9.59 Å². The molecule has 6 heteroatoms. The summed E-state index contributed by atoms with van der Waals surface area (Å²) >= 11 is 0. The zero-order valence-corrected chi connectivity index (χ0v) is 8.81. The Morgan fingerprint density at radius 2 is 1.93 bits per heavy atom. The molecular weight excluding hydrogens is 196 g/mol. The lowest BCUT2D eigenvalue weighted by molar-refractivity contribution is 0.522. The van der Waals surface area contributed by atoms with Crippen LogP contribution in [0.5, 0.6) is 0 Å². The van der Waals surface area contributed by atoms with E-state index in [1.807, 2.05) is 0 Å². The van der Waals surface area contributed by atoms with Gasteiger partial charge >= 0.3 is 5.69 Å². The molecule has 0 radical (unpaired) electrons. The van der Waals surface area contributed by atoms with Crippen LogP contribution in [0.2, 0.25) is 0 Å². The smallest absolute Gasteiger partial charge is 0.332 e. The van der Waals surface area contributed by atoms with Crippen molar-refractivity contribution in [3.05, 3.63) is 26.5 Å². The summed E-state index contributed by atoms with van der Waals surface area (Å²) in [7, 11) is 1.41. The molecule has 80 valence electrons. The number of nitrogens with two attached hydrogens (primary N) is 1. The molecule has 0 amide bonds. The molecule has 1 heterocycles. The zero-order valence-electron chi connectivity index (χ0n) is 8.81. The Kier molecular flexibility index (Phi) is 2.66. The number of nitrogens with zero attached hydrogens (tertiary/aromatic N) is 3. The maximum absolute atomic E-state index is 11.7. The maximum Gasteiger partial charge on any atom is 0.332 e. The van der Waals surface area contributed by atoms with Crippen LogP contribution >= 0.6 is 0 Å². The summed E-state index contributed by atoms with van der Waals surface area (Å²) in [5.74, 6) is 0. The predicted octanol–water partition coefficient (Wildman–Crippen LogP) is -0.418. The van der Waals surface area contributed by atoms with Crippen LogP contribution in [0.4, 0.5) is 5.69 Å². The van der Waals surface area contributed by atoms with Gasteiger partial charge < -0.3 is 5.73 Å². The minimum atomic E-state index is -0.607. The number of rotatable bonds is 1. The van der Waals surface area contributed by atoms with Gasteiger partial charge in [0.2, 0.25) is 0 Å². The molecule has 0 bridgehead atoms. The topological polar surface area (TPSA) is 93.8 Å². The van der Waals surface area contributed by atoms with Gasteiger partial charge in [0, 0.05) is 13.1 Å². The van der Waals surface area contributed by atoms with E-state index in [9.17, 15) is 9.59 Å². The second-order valence-corrected chi connectivity index (χ2v) is 3.48. The van der Waals surface area contributed by atoms with E-state index in [0.717, 1.165) is 9.13 Å². The number of aromatic nitrogens is 2. The van der Waals surface area contributed by atoms with Crippen molar-refractivity contribution in [2.75, 3.05) is 5.73 Å². The molecule has 0 aliphatic rings. The SMILES string of the molecule is CC(C)n1c(=O)c(N)c(C#N)n(C)c1=O. The predicted molar refractivity (Wildman–Crippen MR) is 55.5 cm³/mol. The van der Waals surface area contributed by atoms with E-state index in [1.165, 1.54) is 7.05 Å². The summed E-state index contributed by atoms with van der Waals surface area (Å²) in [4.78, 5) is 23.3. The molecule has 1 aromatic rings. The van der Waals surface area contributed by atoms with Crippen LogP contribution in [0.3, 0.4) is 0 Å². The molecule has 1 aromatic heterocycles. The number of nitrogen functional groups attached to an aromatic ring is 1. The van der Waals surface area contributed by atoms with E-state index in [-0.39, 0.29) is 17.4 Å². The molecular formula is C9H12N4O2. The third-order valence-electron chi connectivity index (χ3n) is 2.16. The molecule has 6 nitrogen and oxygen atoms in total. The van der Waals surface area contributed by atoms with Gasteiger partial charge in [0.05, 0.1) is 0 Å². The van der Waals surface area contributed by atoms with Gasteiger partial charge in [-0.15, -0.1) is 0 Å². The van der Waals surface area contributed by atoms with Gasteiger partial charge in [-0.1, -0.05) is 0 Å². The first-order chi connectivity index (χ1) is 6.91. The highest BCUT2D eigenvalue weighted by atomic mass is 16.2. The molecule has 0 atom stereocenters. The van der Waals surface area contributed by atoms with Crippen molar-refractivity contribution in [1.29, 1.82) is 5.26 Å². The van der Waals surface area contributed by atoms with Crippen molar-refractivity contribution < 1.29 is 0 Å². The average molecular weight is 208 g/mol. The van der Waals surface area contributed by atoms with Crippen LogP contribution in [-0.2, 0) is 7.05 Å². The molecule has 0 fully saturated rings. The summed E-state index contributed by atoms with van der Waals surface area (Å²) in [5, 5.41) is 8.74. The summed E-state index contributed by atoms with van der Waals surface area (Å²) in [6.45, 7) is 3.41. The minimum absolute atomic E-state index is 0.0955. The van der Waals surface area contributed by atoms with Crippen molar-refractivity contribution in [2.45, 2.75) is 19.9 Å². The molecule has 2 N–H and O–H groups in total. The third-order valence-corrected chi connectivity index (χ3v) is 2.16. The lowest BCUT2D eigenvalue weighted by atomic mass is 10.3. The number of hydrogen-bond acceptors (Lipinski definition) is 4. The molecule has 0 saturated heterocycles. The highest BCUT2D eigenvalue weighted by molar-refractivity contribution is 5.48. The highest BCUT2D eigenvalue weighted by Gasteiger charge is 2.15. The van der Waals surface area contributed by atoms with E-state index in [2.05, 4.69) is 0 Å². The quantitative estimate of drug-likeness (QED) is 0.678. The Labute approximate surface area is 86.2 Å². The van der Waals surface area contributed by atoms with Crippen molar-refractivity contribution in [3.8, 4) is 6.07 Å². The Bertz CT molecular complexity index is 508. The first-order valence-electron chi connectivity index (χ1n) is 4.43. The maximum atomic E-state index is 11.7. The molecule has 0 spiro atoms. The zero-order chi connectivity index (χ0) is 11.7. The molecule has 0 unspecified atom stereocenters. The summed E-state index contributed by atoms with van der Waals surface area (Å²) in [6, 6.07) is 1.45. The second kappa shape index (κ2) is 3.61. The fourth-order valence-electron chi connectivity index (χ4n) is 1.35. The van der Waals surface area contributed by atoms with E-state index >= 15 is 0 Å². The summed E-state index contributed by atoms with van der Waals surface area (Å²) in [6.07, 6.45) is 0. The van der Waals surface area contributed by atoms with Gasteiger partial charge in [-0.2, -0.15) is 5.26 Å². The van der Waals surface area contributed by atoms with Crippen molar-refractivity contribution >= 4 is 5.69 Å². The second-order valence-electron chi connectivity index (χ2n) is 3.48. The molecule has 0 aliphatic carbocycles. The molecule has 15 heavy (non-hydrogen) atoms. The van der Waals surface area contributed by atoms with Gasteiger partial charge in [-0.3, -0.25) is 13.9 Å². The van der Waals surface area contributed by atoms with Gasteiger partial charge in [0.25, 0.3) is 5.56 Å². The van der Waals surface area contributed by atoms with Gasteiger partial charge in [-0.25, -0.2) is 4.79 Å². The fraction of sp³-hybridized carbons (Fsp3) is 0.444. The molecule has 0 aliphatic heterocycles. The molecule has 1 rings (SSSR count). The van der Waals surface area contributed by atoms with Crippen molar-refractivity contribution in [1.82, 2.24) is 9.13 Å². The van der Waals surface area contributed by atoms with Gasteiger partial charge in [0.1, 0.15) is 11.8 Å². The average Bonchev–Trinajstić information content (AvgIpc) is 2.16. The number of nitriles is 1. The Morgan fingerprint density at radius 1 is 1.40 bits per heavy atom. The third kappa shape index (κ3) is 1.52. The van der Waals surface area contributed by atoms with E-state index < -0.39 is 11.2 Å². The first-order valence-corrected chi connectivity index (χ1v) is 4.43. The number of anilines is 1. The highest BCUT2D eigenvalue weighted by Crippen LogP contribution is 2.03. The summed E-state index contributed by atoms with van der Waals surface area (Å²) < 4.78 is 2.10. The number of hydrogen-bond donors (Lipinski definition) is 1. The molecule has 0 saturated carbocycles. The van der Waals surface area contributed by atoms with E-state index in [1.54, 1.807) is 19.9 Å².